The smallest absolute Gasteiger partial charge is 0.0349 e. The van der Waals surface area contributed by atoms with E-state index in [9.17, 15) is 0 Å². The molecule has 0 heterocycles. The summed E-state index contributed by atoms with van der Waals surface area (Å²) in [6.45, 7) is 8.96. The third-order valence-electron chi connectivity index (χ3n) is 6.26. The Labute approximate surface area is 144 Å². The molecule has 0 N–H and O–H groups in total. The molecule has 0 nitrogen and oxygen atoms in total. The van der Waals surface area contributed by atoms with E-state index in [1.807, 2.05) is 0 Å². The maximum Gasteiger partial charge on any atom is 0.0349 e. The fraction of sp³-hybridized carbons (Fsp3) is 0.250. The van der Waals surface area contributed by atoms with Crippen molar-refractivity contribution in [2.75, 3.05) is 0 Å². The zero-order chi connectivity index (χ0) is 16.6. The molecule has 3 aromatic carbocycles. The Kier molecular flexibility index (Phi) is 2.69. The van der Waals surface area contributed by atoms with Crippen molar-refractivity contribution >= 4 is 0 Å². The molecule has 0 aliphatic heterocycles. The highest BCUT2D eigenvalue weighted by molar-refractivity contribution is 5.69. The quantitative estimate of drug-likeness (QED) is 0.334. The molecule has 6 rings (SSSR count). The van der Waals surface area contributed by atoms with E-state index in [4.69, 9.17) is 0 Å². The van der Waals surface area contributed by atoms with E-state index in [1.54, 1.807) is 0 Å². The van der Waals surface area contributed by atoms with E-state index >= 15 is 0 Å². The molecule has 3 aromatic rings. The summed E-state index contributed by atoms with van der Waals surface area (Å²) in [6, 6.07) is 18.8. The van der Waals surface area contributed by atoms with Gasteiger partial charge in [0, 0.05) is 11.8 Å². The fourth-order valence-corrected chi connectivity index (χ4v) is 4.76. The first-order valence-electron chi connectivity index (χ1n) is 8.87. The van der Waals surface area contributed by atoms with E-state index in [-0.39, 0.29) is 0 Å². The van der Waals surface area contributed by atoms with Gasteiger partial charge in [-0.1, -0.05) is 48.5 Å². The summed E-state index contributed by atoms with van der Waals surface area (Å²) in [5, 5.41) is 0. The van der Waals surface area contributed by atoms with Gasteiger partial charge < -0.3 is 0 Å². The zero-order valence-corrected chi connectivity index (χ0v) is 14.8. The summed E-state index contributed by atoms with van der Waals surface area (Å²) in [5.41, 5.74) is 14.7. The summed E-state index contributed by atoms with van der Waals surface area (Å²) in [4.78, 5) is 0. The molecular weight excluding hydrogens is 288 g/mol. The van der Waals surface area contributed by atoms with Crippen LogP contribution in [0.1, 0.15) is 67.5 Å². The van der Waals surface area contributed by atoms with Crippen LogP contribution < -0.4 is 0 Å². The van der Waals surface area contributed by atoms with Gasteiger partial charge in [-0.15, -0.1) is 0 Å². The van der Waals surface area contributed by atoms with E-state index < -0.39 is 0 Å². The highest BCUT2D eigenvalue weighted by Gasteiger charge is 2.41. The largest absolute Gasteiger partial charge is 0.0619 e. The second-order valence-electron chi connectivity index (χ2n) is 7.63. The molecule has 0 spiro atoms. The van der Waals surface area contributed by atoms with Crippen LogP contribution in [0, 0.1) is 27.7 Å². The normalized spacial score (nSPS) is 19.7. The number of hydrogen-bond donors (Lipinski definition) is 0. The number of rotatable bonds is 0. The first-order valence-corrected chi connectivity index (χ1v) is 8.87. The first kappa shape index (κ1) is 14.0. The summed E-state index contributed by atoms with van der Waals surface area (Å²) in [5.74, 6) is 0.796. The van der Waals surface area contributed by atoms with Crippen molar-refractivity contribution in [3.8, 4) is 0 Å². The van der Waals surface area contributed by atoms with Gasteiger partial charge in [0.25, 0.3) is 0 Å². The highest BCUT2D eigenvalue weighted by Crippen LogP contribution is 2.56. The van der Waals surface area contributed by atoms with Crippen LogP contribution in [0.5, 0.6) is 0 Å². The third kappa shape index (κ3) is 1.64. The van der Waals surface area contributed by atoms with Crippen molar-refractivity contribution < 1.29 is 0 Å². The summed E-state index contributed by atoms with van der Waals surface area (Å²) < 4.78 is 0. The average molecular weight is 310 g/mol. The van der Waals surface area contributed by atoms with Crippen LogP contribution in [0.2, 0.25) is 0 Å². The Morgan fingerprint density at radius 3 is 1.04 bits per heavy atom. The lowest BCUT2D eigenvalue weighted by molar-refractivity contribution is 0.749. The summed E-state index contributed by atoms with van der Waals surface area (Å²) in [6.07, 6.45) is 0. The van der Waals surface area contributed by atoms with E-state index in [0.29, 0.717) is 11.8 Å². The van der Waals surface area contributed by atoms with Crippen molar-refractivity contribution in [1.82, 2.24) is 0 Å². The van der Waals surface area contributed by atoms with Gasteiger partial charge >= 0.3 is 0 Å². The molecule has 2 bridgehead atoms. The Morgan fingerprint density at radius 2 is 0.750 bits per heavy atom. The predicted octanol–water partition coefficient (Wildman–Crippen LogP) is 5.91. The van der Waals surface area contributed by atoms with Crippen molar-refractivity contribution in [1.29, 1.82) is 0 Å². The standard InChI is InChI=1S/C24H22/c1-13-9-19-20(10-14(13)2)24-18-8-6-5-7-17(18)23(19)21-11-15(3)16(4)12-22(21)24/h5-12,23-24H,1-4H3. The van der Waals surface area contributed by atoms with Crippen LogP contribution in [0.3, 0.4) is 0 Å². The predicted molar refractivity (Wildman–Crippen MR) is 100 cm³/mol. The van der Waals surface area contributed by atoms with Crippen LogP contribution in [0.15, 0.2) is 48.5 Å². The van der Waals surface area contributed by atoms with Gasteiger partial charge in [-0.25, -0.2) is 0 Å². The first-order chi connectivity index (χ1) is 11.6. The Hall–Kier alpha value is -2.34. The maximum absolute atomic E-state index is 2.44. The Balaban J connectivity index is 1.91. The average Bonchev–Trinajstić information content (AvgIpc) is 2.57. The molecule has 0 radical (unpaired) electrons. The van der Waals surface area contributed by atoms with E-state index in [2.05, 4.69) is 76.2 Å². The molecule has 0 amide bonds. The monoisotopic (exact) mass is 310 g/mol. The van der Waals surface area contributed by atoms with E-state index in [1.165, 1.54) is 55.6 Å². The highest BCUT2D eigenvalue weighted by atomic mass is 14.4. The lowest BCUT2D eigenvalue weighted by atomic mass is 9.60. The second kappa shape index (κ2) is 4.60. The molecule has 24 heavy (non-hydrogen) atoms. The lowest BCUT2D eigenvalue weighted by Gasteiger charge is -2.43. The molecule has 0 unspecified atom stereocenters. The molecule has 0 fully saturated rings. The Bertz CT molecular complexity index is 866. The van der Waals surface area contributed by atoms with Crippen LogP contribution in [0.4, 0.5) is 0 Å². The molecule has 0 atom stereocenters. The second-order valence-corrected chi connectivity index (χ2v) is 7.63. The molecule has 0 saturated heterocycles. The topological polar surface area (TPSA) is 0 Å². The third-order valence-corrected chi connectivity index (χ3v) is 6.26. The SMILES string of the molecule is Cc1cc2c(cc1C)C1c3ccccc3C2c2cc(C)c(C)cc21. The van der Waals surface area contributed by atoms with E-state index in [0.717, 1.165) is 0 Å². The van der Waals surface area contributed by atoms with Crippen LogP contribution in [-0.2, 0) is 0 Å². The molecule has 3 aliphatic rings. The van der Waals surface area contributed by atoms with Crippen LogP contribution in [0.25, 0.3) is 0 Å². The summed E-state index contributed by atoms with van der Waals surface area (Å²) in [7, 11) is 0. The summed E-state index contributed by atoms with van der Waals surface area (Å²) >= 11 is 0. The van der Waals surface area contributed by atoms with Gasteiger partial charge in [0.2, 0.25) is 0 Å². The minimum absolute atomic E-state index is 0.398. The van der Waals surface area contributed by atoms with Gasteiger partial charge in [-0.05, 0) is 83.3 Å². The lowest BCUT2D eigenvalue weighted by Crippen LogP contribution is -2.28. The number of benzene rings is 3. The molecule has 0 aromatic heterocycles. The Morgan fingerprint density at radius 1 is 0.458 bits per heavy atom. The van der Waals surface area contributed by atoms with Crippen molar-refractivity contribution in [3.63, 3.8) is 0 Å². The minimum atomic E-state index is 0.398. The van der Waals surface area contributed by atoms with Crippen molar-refractivity contribution in [3.05, 3.63) is 104 Å². The van der Waals surface area contributed by atoms with Crippen molar-refractivity contribution in [2.24, 2.45) is 0 Å². The van der Waals surface area contributed by atoms with Gasteiger partial charge in [-0.3, -0.25) is 0 Å². The molecule has 3 aliphatic carbocycles. The minimum Gasteiger partial charge on any atom is -0.0619 e. The maximum atomic E-state index is 2.44. The molecule has 118 valence electrons. The molecule has 0 saturated carbocycles. The van der Waals surface area contributed by atoms with Crippen LogP contribution in [-0.4, -0.2) is 0 Å². The zero-order valence-electron chi connectivity index (χ0n) is 14.8. The van der Waals surface area contributed by atoms with Crippen LogP contribution >= 0.6 is 0 Å². The number of hydrogen-bond acceptors (Lipinski definition) is 0. The van der Waals surface area contributed by atoms with Gasteiger partial charge in [0.05, 0.1) is 0 Å². The number of aryl methyl sites for hydroxylation is 4. The molecule has 0 heteroatoms. The van der Waals surface area contributed by atoms with Gasteiger partial charge in [0.15, 0.2) is 0 Å². The molecular formula is C24H22. The fourth-order valence-electron chi connectivity index (χ4n) is 4.76. The van der Waals surface area contributed by atoms with Gasteiger partial charge in [0.1, 0.15) is 0 Å². The van der Waals surface area contributed by atoms with Crippen molar-refractivity contribution in [2.45, 2.75) is 39.5 Å². The van der Waals surface area contributed by atoms with Gasteiger partial charge in [-0.2, -0.15) is 0 Å².